The molecule has 0 atom stereocenters. The molecule has 5 heteroatoms. The number of hydrogen-bond acceptors (Lipinski definition) is 2. The van der Waals surface area contributed by atoms with Crippen molar-refractivity contribution >= 4 is 33.0 Å². The van der Waals surface area contributed by atoms with Gasteiger partial charge in [-0.1, -0.05) is 0 Å². The molecule has 0 aromatic carbocycles. The van der Waals surface area contributed by atoms with E-state index < -0.39 is 12.2 Å². The summed E-state index contributed by atoms with van der Waals surface area (Å²) in [5.41, 5.74) is 0. The van der Waals surface area contributed by atoms with Gasteiger partial charge in [0.2, 0.25) is 5.78 Å². The summed E-state index contributed by atoms with van der Waals surface area (Å²) in [6.45, 7) is 0. The van der Waals surface area contributed by atoms with Gasteiger partial charge in [-0.25, -0.2) is 8.78 Å². The van der Waals surface area contributed by atoms with Crippen LogP contribution in [-0.4, -0.2) is 12.2 Å². The molecule has 1 heterocycles. The first kappa shape index (κ1) is 8.80. The van der Waals surface area contributed by atoms with E-state index in [0.717, 1.165) is 11.3 Å². The molecule has 0 saturated carbocycles. The molecule has 1 rings (SSSR count). The van der Waals surface area contributed by atoms with Gasteiger partial charge in [-0.2, -0.15) is 0 Å². The average Bonchev–Trinajstić information content (AvgIpc) is 2.34. The van der Waals surface area contributed by atoms with E-state index in [0.29, 0.717) is 4.47 Å². The third-order valence-corrected chi connectivity index (χ3v) is 2.71. The lowest BCUT2D eigenvalue weighted by Crippen LogP contribution is -2.07. The highest BCUT2D eigenvalue weighted by Crippen LogP contribution is 2.21. The van der Waals surface area contributed by atoms with Gasteiger partial charge in [-0.05, 0) is 22.0 Å². The summed E-state index contributed by atoms with van der Waals surface area (Å²) in [6.07, 6.45) is -2.90. The van der Waals surface area contributed by atoms with Crippen LogP contribution in [-0.2, 0) is 0 Å². The Morgan fingerprint density at radius 3 is 2.64 bits per heavy atom. The van der Waals surface area contributed by atoms with Crippen molar-refractivity contribution in [3.05, 3.63) is 20.8 Å². The second-order valence-corrected chi connectivity index (χ2v) is 3.62. The fourth-order valence-corrected chi connectivity index (χ4v) is 1.92. The summed E-state index contributed by atoms with van der Waals surface area (Å²) in [6, 6.07) is 1.39. The molecule has 0 unspecified atom stereocenters. The van der Waals surface area contributed by atoms with Crippen LogP contribution in [0.2, 0.25) is 0 Å². The van der Waals surface area contributed by atoms with Crippen LogP contribution in [0.1, 0.15) is 9.67 Å². The Morgan fingerprint density at radius 2 is 2.27 bits per heavy atom. The van der Waals surface area contributed by atoms with E-state index in [4.69, 9.17) is 0 Å². The van der Waals surface area contributed by atoms with Gasteiger partial charge in [0.15, 0.2) is 0 Å². The molecule has 0 fully saturated rings. The minimum atomic E-state index is -2.90. The highest BCUT2D eigenvalue weighted by molar-refractivity contribution is 9.10. The van der Waals surface area contributed by atoms with Crippen molar-refractivity contribution in [2.75, 3.05) is 0 Å². The van der Waals surface area contributed by atoms with Crippen molar-refractivity contribution in [1.82, 2.24) is 0 Å². The first-order valence-electron chi connectivity index (χ1n) is 2.67. The second kappa shape index (κ2) is 3.40. The largest absolute Gasteiger partial charge is 0.301 e. The molecular formula is C6H3BrF2OS. The van der Waals surface area contributed by atoms with Crippen LogP contribution in [0.5, 0.6) is 0 Å². The maximum absolute atomic E-state index is 11.8. The molecule has 1 aromatic rings. The van der Waals surface area contributed by atoms with E-state index in [1.54, 1.807) is 5.38 Å². The Balaban J connectivity index is 2.85. The molecule has 0 amide bonds. The van der Waals surface area contributed by atoms with Crippen LogP contribution in [0.15, 0.2) is 15.9 Å². The zero-order chi connectivity index (χ0) is 8.43. The van der Waals surface area contributed by atoms with E-state index in [1.165, 1.54) is 6.07 Å². The topological polar surface area (TPSA) is 17.1 Å². The molecule has 11 heavy (non-hydrogen) atoms. The minimum absolute atomic E-state index is 0.0897. The summed E-state index contributed by atoms with van der Waals surface area (Å²) < 4.78 is 24.2. The molecule has 0 spiro atoms. The molecule has 0 N–H and O–H groups in total. The quantitative estimate of drug-likeness (QED) is 0.727. The monoisotopic (exact) mass is 240 g/mol. The first-order chi connectivity index (χ1) is 5.11. The van der Waals surface area contributed by atoms with Crippen LogP contribution >= 0.6 is 27.3 Å². The fraction of sp³-hybridized carbons (Fsp3) is 0.167. The van der Waals surface area contributed by atoms with Crippen molar-refractivity contribution in [2.24, 2.45) is 0 Å². The predicted octanol–water partition coefficient (Wildman–Crippen LogP) is 2.96. The number of carbonyl (C=O) groups is 1. The van der Waals surface area contributed by atoms with Crippen molar-refractivity contribution in [3.63, 3.8) is 0 Å². The normalized spacial score (nSPS) is 10.5. The Hall–Kier alpha value is -0.290. The van der Waals surface area contributed by atoms with Crippen LogP contribution < -0.4 is 0 Å². The minimum Gasteiger partial charge on any atom is -0.287 e. The summed E-state index contributed by atoms with van der Waals surface area (Å²) in [5, 5.41) is 1.59. The molecule has 0 saturated heterocycles. The highest BCUT2D eigenvalue weighted by Gasteiger charge is 2.18. The zero-order valence-corrected chi connectivity index (χ0v) is 7.58. The SMILES string of the molecule is O=C(c1cc(Br)cs1)C(F)F. The molecule has 0 aliphatic carbocycles. The van der Waals surface area contributed by atoms with Gasteiger partial charge in [-0.15, -0.1) is 11.3 Å². The maximum Gasteiger partial charge on any atom is 0.301 e. The number of thiophene rings is 1. The van der Waals surface area contributed by atoms with Gasteiger partial charge in [0.1, 0.15) is 0 Å². The van der Waals surface area contributed by atoms with Gasteiger partial charge in [-0.3, -0.25) is 4.79 Å². The Kier molecular flexibility index (Phi) is 2.72. The average molecular weight is 241 g/mol. The Bertz CT molecular complexity index is 271. The van der Waals surface area contributed by atoms with Gasteiger partial charge >= 0.3 is 6.43 Å². The third kappa shape index (κ3) is 2.07. The van der Waals surface area contributed by atoms with Gasteiger partial charge in [0, 0.05) is 9.85 Å². The van der Waals surface area contributed by atoms with Gasteiger partial charge in [0.05, 0.1) is 4.88 Å². The molecule has 1 nitrogen and oxygen atoms in total. The Morgan fingerprint density at radius 1 is 1.64 bits per heavy atom. The number of rotatable bonds is 2. The summed E-state index contributed by atoms with van der Waals surface area (Å²) in [4.78, 5) is 10.7. The number of alkyl halides is 2. The van der Waals surface area contributed by atoms with E-state index >= 15 is 0 Å². The number of carbonyl (C=O) groups excluding carboxylic acids is 1. The molecule has 0 aliphatic heterocycles. The number of hydrogen-bond donors (Lipinski definition) is 0. The maximum atomic E-state index is 11.8. The van der Waals surface area contributed by atoms with E-state index in [9.17, 15) is 13.6 Å². The number of Topliss-reactive ketones (excluding diaryl/α,β-unsaturated/α-hetero) is 1. The molecule has 60 valence electrons. The van der Waals surface area contributed by atoms with Gasteiger partial charge < -0.3 is 0 Å². The van der Waals surface area contributed by atoms with Crippen LogP contribution in [0.25, 0.3) is 0 Å². The molecular weight excluding hydrogens is 238 g/mol. The summed E-state index contributed by atoms with van der Waals surface area (Å²) >= 11 is 4.07. The summed E-state index contributed by atoms with van der Waals surface area (Å²) in [5.74, 6) is -1.11. The van der Waals surface area contributed by atoms with Crippen molar-refractivity contribution in [2.45, 2.75) is 6.43 Å². The van der Waals surface area contributed by atoms with E-state index in [2.05, 4.69) is 15.9 Å². The third-order valence-electron chi connectivity index (χ3n) is 1.01. The predicted molar refractivity (Wildman–Crippen MR) is 42.4 cm³/mol. The van der Waals surface area contributed by atoms with Crippen LogP contribution in [0.3, 0.4) is 0 Å². The smallest absolute Gasteiger partial charge is 0.287 e. The zero-order valence-electron chi connectivity index (χ0n) is 5.18. The van der Waals surface area contributed by atoms with E-state index in [-0.39, 0.29) is 4.88 Å². The van der Waals surface area contributed by atoms with Crippen molar-refractivity contribution in [1.29, 1.82) is 0 Å². The standard InChI is InChI=1S/C6H3BrF2OS/c7-3-1-4(11-2-3)5(10)6(8)9/h1-2,6H. The number of ketones is 1. The lowest BCUT2D eigenvalue weighted by molar-refractivity contribution is 0.0683. The second-order valence-electron chi connectivity index (χ2n) is 1.79. The highest BCUT2D eigenvalue weighted by atomic mass is 79.9. The Labute approximate surface area is 74.2 Å². The molecule has 0 aliphatic rings. The first-order valence-corrected chi connectivity index (χ1v) is 4.35. The van der Waals surface area contributed by atoms with Crippen molar-refractivity contribution in [3.8, 4) is 0 Å². The van der Waals surface area contributed by atoms with E-state index in [1.807, 2.05) is 0 Å². The van der Waals surface area contributed by atoms with Crippen LogP contribution in [0, 0.1) is 0 Å². The van der Waals surface area contributed by atoms with Crippen LogP contribution in [0.4, 0.5) is 8.78 Å². The molecule has 1 aromatic heterocycles. The van der Waals surface area contributed by atoms with Crippen molar-refractivity contribution < 1.29 is 13.6 Å². The summed E-state index contributed by atoms with van der Waals surface area (Å²) in [7, 11) is 0. The fourth-order valence-electron chi connectivity index (χ4n) is 0.550. The molecule has 0 radical (unpaired) electrons. The lowest BCUT2D eigenvalue weighted by atomic mass is 10.3. The number of halogens is 3. The van der Waals surface area contributed by atoms with Gasteiger partial charge in [0.25, 0.3) is 0 Å². The lowest BCUT2D eigenvalue weighted by Gasteiger charge is -1.91. The molecule has 0 bridgehead atoms.